The summed E-state index contributed by atoms with van der Waals surface area (Å²) < 4.78 is 90.9. The Kier molecular flexibility index (Phi) is 30.0. The first-order chi connectivity index (χ1) is 49.6. The molecule has 13 atom stereocenters. The number of H-pyrrole nitrogens is 2. The van der Waals surface area contributed by atoms with Crippen molar-refractivity contribution in [2.75, 3.05) is 13.2 Å². The van der Waals surface area contributed by atoms with Crippen molar-refractivity contribution in [3.63, 3.8) is 0 Å². The number of aliphatic hydroxyl groups excluding tert-OH is 3. The minimum absolute atomic E-state index is 0.0350. The summed E-state index contributed by atoms with van der Waals surface area (Å²) in [6.07, 6.45) is -5.60. The number of aromatic nitrogens is 6. The van der Waals surface area contributed by atoms with Gasteiger partial charge in [-0.05, 0) is 68.3 Å². The summed E-state index contributed by atoms with van der Waals surface area (Å²) in [7, 11) is -18.9. The van der Waals surface area contributed by atoms with E-state index in [-0.39, 0.29) is 75.7 Å². The topological polar surface area (TPSA) is 542 Å². The van der Waals surface area contributed by atoms with E-state index in [2.05, 4.69) is 72.9 Å². The third kappa shape index (κ3) is 24.0. The third-order valence-electron chi connectivity index (χ3n) is 17.4. The van der Waals surface area contributed by atoms with Gasteiger partial charge in [-0.25, -0.2) is 32.9 Å². The number of ether oxygens (including phenoxy) is 6. The molecule has 5 aromatic rings. The van der Waals surface area contributed by atoms with Crippen LogP contribution in [0.5, 0.6) is 0 Å². The van der Waals surface area contributed by atoms with E-state index in [1.807, 2.05) is 27.7 Å². The van der Waals surface area contributed by atoms with Crippen molar-refractivity contribution in [3.05, 3.63) is 178 Å². The van der Waals surface area contributed by atoms with E-state index in [0.717, 1.165) is 21.8 Å². The Morgan fingerprint density at radius 3 is 1.47 bits per heavy atom. The summed E-state index contributed by atoms with van der Waals surface area (Å²) in [4.78, 5) is 151. The molecule has 0 spiro atoms. The van der Waals surface area contributed by atoms with Crippen LogP contribution in [0.2, 0.25) is 18.1 Å². The lowest BCUT2D eigenvalue weighted by Gasteiger charge is -2.39. The van der Waals surface area contributed by atoms with Gasteiger partial charge in [0.25, 0.3) is 28.1 Å². The summed E-state index contributed by atoms with van der Waals surface area (Å²) in [5.74, 6) is 0. The van der Waals surface area contributed by atoms with Gasteiger partial charge < -0.3 is 67.7 Å². The number of alkyl halides is 1. The Morgan fingerprint density at radius 2 is 1.07 bits per heavy atom. The number of aliphatic hydroxyl groups is 3. The lowest BCUT2D eigenvalue weighted by molar-refractivity contribution is -0.386. The molecule has 0 radical (unpaired) electrons. The van der Waals surface area contributed by atoms with Crippen molar-refractivity contribution >= 4 is 65.2 Å². The fourth-order valence-corrected chi connectivity index (χ4v) is 16.0. The fraction of sp³-hybridized carbons (Fsp3) is 0.609. The molecule has 9 N–H and O–H groups in total. The predicted molar refractivity (Wildman–Crippen MR) is 389 cm³/mol. The number of rotatable bonds is 25. The number of hydrogen-bond acceptors (Lipinski definition) is 27. The molecule has 3 aliphatic rings. The minimum Gasteiger partial charge on any atom is -0.443 e. The van der Waals surface area contributed by atoms with E-state index in [9.17, 15) is 92.6 Å². The molecule has 3 aromatic heterocycles. The van der Waals surface area contributed by atoms with Crippen LogP contribution in [0.15, 0.2) is 95.9 Å². The number of halogens is 1. The van der Waals surface area contributed by atoms with Gasteiger partial charge in [-0.1, -0.05) is 109 Å². The standard InChI is InChI=1S/C22H37BrN2O6Si.C21H30N3O17P3.C21H27N3O8/c1-10-15-16(31-32(8,9)22(5,6)7)11-17(29-15)24-13-14(12-23)18(26)25(19(24)27)20(28)30-21(2,3)4;1-21(2,3)18(13-6-4-5-7-14(13)24(28)29)37-10-12-9-23(20(27)22-19(12)26)17-8-15(25)16(39-17)11-38-43(33,34)41-44(35,36)40-42(30,31)32;1-21(2,3)18(13-6-4-5-7-14(13)24(29)30)31-11-12-9-23(20(28)22-19(12)27)17-8-15(26)16(10-25)32-17/h13,15-17H,10-12H2,1-9H3;4-7,9,15-18,25H,8,10-11H2,1-3H3,(H,33,34)(H,35,36)(H,22,26,27)(H2,30,31,32);4-7,9,15-18,25-26H,8,10-11H2,1-3H3,(H,22,27,28)/t15-,16?,17-;2*15?,16-,17-,18-/m111/s1. The Balaban J connectivity index is 0.000000258. The van der Waals surface area contributed by atoms with Gasteiger partial charge in [-0.15, -0.1) is 0 Å². The van der Waals surface area contributed by atoms with Gasteiger partial charge in [-0.2, -0.15) is 13.2 Å². The third-order valence-corrected chi connectivity index (χ3v) is 26.3. The Bertz CT molecular complexity index is 4570. The molecule has 3 fully saturated rings. The monoisotopic (exact) mass is 1670 g/mol. The van der Waals surface area contributed by atoms with Crippen LogP contribution in [0.3, 0.4) is 0 Å². The second-order valence-corrected chi connectivity index (χ2v) is 39.8. The van der Waals surface area contributed by atoms with Crippen molar-refractivity contribution < 1.29 is 109 Å². The number of hydrogen-bond donors (Lipinski definition) is 9. The molecule has 39 nitrogen and oxygen atoms in total. The zero-order valence-electron chi connectivity index (χ0n) is 61.9. The van der Waals surface area contributed by atoms with Crippen LogP contribution in [0.1, 0.15) is 174 Å². The van der Waals surface area contributed by atoms with Gasteiger partial charge in [0.05, 0.1) is 95.2 Å². The number of benzene rings is 2. The van der Waals surface area contributed by atoms with Gasteiger partial charge in [-0.3, -0.25) is 62.8 Å². The number of carbonyl (C=O) groups excluding carboxylic acids is 1. The first-order valence-corrected chi connectivity index (χ1v) is 42.1. The largest absolute Gasteiger partial charge is 0.490 e. The molecular weight excluding hydrogens is 1580 g/mol. The second kappa shape index (κ2) is 35.9. The second-order valence-electron chi connectivity index (χ2n) is 30.1. The highest BCUT2D eigenvalue weighted by atomic mass is 79.9. The average molecular weight is 1670 g/mol. The maximum atomic E-state index is 13.2. The molecule has 0 saturated carbocycles. The lowest BCUT2D eigenvalue weighted by atomic mass is 9.84. The zero-order chi connectivity index (χ0) is 81.5. The molecule has 6 heterocycles. The number of carbonyl (C=O) groups is 1. The van der Waals surface area contributed by atoms with Gasteiger partial charge in [0.2, 0.25) is 0 Å². The number of nitro benzene ring substituents is 2. The molecule has 3 aliphatic heterocycles. The first kappa shape index (κ1) is 90.4. The highest BCUT2D eigenvalue weighted by Gasteiger charge is 2.47. The maximum absolute atomic E-state index is 13.2. The van der Waals surface area contributed by atoms with E-state index in [4.69, 9.17) is 42.6 Å². The minimum atomic E-state index is -5.77. The van der Waals surface area contributed by atoms with Crippen LogP contribution in [0.25, 0.3) is 0 Å². The van der Waals surface area contributed by atoms with Crippen molar-refractivity contribution in [2.24, 2.45) is 10.8 Å². The number of para-hydroxylation sites is 2. The Labute approximate surface area is 627 Å². The van der Waals surface area contributed by atoms with Crippen molar-refractivity contribution in [2.45, 2.75) is 225 Å². The van der Waals surface area contributed by atoms with Crippen LogP contribution in [0.4, 0.5) is 16.2 Å². The van der Waals surface area contributed by atoms with E-state index in [0.29, 0.717) is 16.6 Å². The van der Waals surface area contributed by atoms with E-state index < -0.39 is 173 Å². The fourth-order valence-electron chi connectivity index (χ4n) is 11.3. The molecule has 44 heteroatoms. The summed E-state index contributed by atoms with van der Waals surface area (Å²) >= 11 is 3.28. The quantitative estimate of drug-likeness (QED) is 0.00880. The molecule has 602 valence electrons. The van der Waals surface area contributed by atoms with Crippen LogP contribution >= 0.6 is 39.4 Å². The number of phosphoric ester groups is 1. The van der Waals surface area contributed by atoms with Crippen LogP contribution < -0.4 is 33.7 Å². The smallest absolute Gasteiger partial charge is 0.443 e. The molecule has 108 heavy (non-hydrogen) atoms. The van der Waals surface area contributed by atoms with Crippen LogP contribution in [-0.2, 0) is 78.2 Å². The molecule has 3 saturated heterocycles. The molecule has 0 bridgehead atoms. The molecule has 8 rings (SSSR count). The van der Waals surface area contributed by atoms with Crippen molar-refractivity contribution in [1.82, 2.24) is 28.2 Å². The van der Waals surface area contributed by atoms with Crippen molar-refractivity contribution in [3.8, 4) is 0 Å². The number of phosphoric acid groups is 3. The summed E-state index contributed by atoms with van der Waals surface area (Å²) in [6, 6.07) is 12.2. The Hall–Kier alpha value is -6.50. The summed E-state index contributed by atoms with van der Waals surface area (Å²) in [6.45, 7) is 26.9. The molecule has 5 unspecified atom stereocenters. The normalized spacial score (nSPS) is 22.4. The summed E-state index contributed by atoms with van der Waals surface area (Å²) in [5, 5.41) is 52.9. The number of nitrogens with zero attached hydrogens (tertiary/aromatic N) is 6. The predicted octanol–water partition coefficient (Wildman–Crippen LogP) is 7.91. The number of aromatic amines is 2. The highest BCUT2D eigenvalue weighted by molar-refractivity contribution is 9.08. The molecular formula is C64H94BrN8O31P3Si. The van der Waals surface area contributed by atoms with E-state index >= 15 is 0 Å². The lowest BCUT2D eigenvalue weighted by Crippen LogP contribution is -2.47. The number of nitrogens with one attached hydrogen (secondary N) is 2. The maximum Gasteiger partial charge on any atom is 0.490 e. The SMILES string of the molecule is CC(C)(C)[C@H](OCc1cn([C@H]2CC(O)[C@@H](CO)O2)c(=O)[nH]c1=O)c1ccccc1[N+](=O)[O-].CC(C)(C)[C@H](OCc1cn([C@H]2CC(O)[C@@H](COP(=O)(O)OP(=O)(O)OP(=O)(O)O)O2)c(=O)[nH]c1=O)c1ccccc1[N+](=O)[O-].CC[C@H]1O[C@@H](n2cc(CBr)c(=O)n(C(=O)OC(C)(C)C)c2=O)CC1O[Si](C)(C)C(C)(C)C. The van der Waals surface area contributed by atoms with Gasteiger partial charge >= 0.3 is 46.6 Å². The Morgan fingerprint density at radius 1 is 0.648 bits per heavy atom. The first-order valence-electron chi connectivity index (χ1n) is 33.6. The summed E-state index contributed by atoms with van der Waals surface area (Å²) in [5.41, 5.74) is -6.07. The van der Waals surface area contributed by atoms with E-state index in [1.54, 1.807) is 65.8 Å². The molecule has 2 aromatic carbocycles. The van der Waals surface area contributed by atoms with Gasteiger partial charge in [0.15, 0.2) is 8.32 Å². The number of nitro groups is 2. The van der Waals surface area contributed by atoms with Crippen molar-refractivity contribution in [1.29, 1.82) is 0 Å². The zero-order valence-corrected chi connectivity index (χ0v) is 67.2. The molecule has 0 aliphatic carbocycles. The molecule has 0 amide bonds. The average Bonchev–Trinajstić information content (AvgIpc) is 1.47. The van der Waals surface area contributed by atoms with Gasteiger partial charge in [0.1, 0.15) is 36.5 Å². The van der Waals surface area contributed by atoms with Crippen LogP contribution in [-0.4, -0.2) is 143 Å². The van der Waals surface area contributed by atoms with Gasteiger partial charge in [0, 0.05) is 60.9 Å². The van der Waals surface area contributed by atoms with Crippen LogP contribution in [0, 0.1) is 31.1 Å². The highest BCUT2D eigenvalue weighted by Crippen LogP contribution is 2.66. The van der Waals surface area contributed by atoms with E-state index in [1.165, 1.54) is 41.2 Å².